The van der Waals surface area contributed by atoms with Gasteiger partial charge in [0, 0.05) is 0 Å². The Kier molecular flexibility index (Phi) is 5.32. The number of hydrogen-bond donors (Lipinski definition) is 0. The van der Waals surface area contributed by atoms with E-state index in [9.17, 15) is 0 Å². The van der Waals surface area contributed by atoms with Crippen molar-refractivity contribution >= 4 is 6.08 Å². The topological polar surface area (TPSA) is 0 Å². The third kappa shape index (κ3) is 3.92. The zero-order valence-electron chi connectivity index (χ0n) is 10.9. The van der Waals surface area contributed by atoms with Crippen LogP contribution in [0.5, 0.6) is 0 Å². The number of benzene rings is 1. The molecule has 0 amide bonds. The van der Waals surface area contributed by atoms with Crippen molar-refractivity contribution in [2.75, 3.05) is 0 Å². The molecule has 17 heavy (non-hydrogen) atoms. The van der Waals surface area contributed by atoms with Crippen LogP contribution in [0.1, 0.15) is 35.6 Å². The van der Waals surface area contributed by atoms with Crippen LogP contribution >= 0.6 is 0 Å². The number of rotatable bonds is 1. The molecule has 2 rings (SSSR count). The Labute approximate surface area is 120 Å². The summed E-state index contributed by atoms with van der Waals surface area (Å²) in [6.45, 7) is 13.4. The van der Waals surface area contributed by atoms with Crippen molar-refractivity contribution < 1.29 is 24.4 Å². The second kappa shape index (κ2) is 6.30. The molecule has 1 aromatic carbocycles. The van der Waals surface area contributed by atoms with E-state index in [1.54, 1.807) is 0 Å². The summed E-state index contributed by atoms with van der Waals surface area (Å²) in [6.07, 6.45) is 2.31. The van der Waals surface area contributed by atoms with E-state index in [4.69, 9.17) is 0 Å². The molecule has 1 aromatic rings. The van der Waals surface area contributed by atoms with Crippen molar-refractivity contribution in [1.29, 1.82) is 0 Å². The van der Waals surface area contributed by atoms with Crippen LogP contribution in [0.2, 0.25) is 0 Å². The molecule has 1 aliphatic carbocycles. The molecule has 0 heterocycles. The summed E-state index contributed by atoms with van der Waals surface area (Å²) in [4.78, 5) is 0. The molecule has 0 bridgehead atoms. The zero-order valence-corrected chi connectivity index (χ0v) is 14.5. The van der Waals surface area contributed by atoms with Gasteiger partial charge in [0.2, 0.25) is 0 Å². The van der Waals surface area contributed by atoms with E-state index in [1.807, 2.05) is 13.8 Å². The Bertz CT molecular complexity index is 454. The summed E-state index contributed by atoms with van der Waals surface area (Å²) in [5.74, 6) is 0. The van der Waals surface area contributed by atoms with Crippen molar-refractivity contribution in [2.45, 2.75) is 24.4 Å². The van der Waals surface area contributed by atoms with Gasteiger partial charge >= 0.3 is 82.0 Å². The summed E-state index contributed by atoms with van der Waals surface area (Å²) in [5, 5.41) is 0. The molecule has 1 unspecified atom stereocenters. The normalized spacial score (nSPS) is 16.4. The minimum absolute atomic E-state index is 0.770. The second-order valence-corrected chi connectivity index (χ2v) is 6.59. The molecule has 0 radical (unpaired) electrons. The Morgan fingerprint density at radius 2 is 1.65 bits per heavy atom. The molecule has 0 N–H and O–H groups in total. The zero-order chi connectivity index (χ0) is 13.0. The van der Waals surface area contributed by atoms with Gasteiger partial charge in [-0.15, -0.1) is 0 Å². The molecule has 1 atom stereocenters. The molecule has 0 saturated carbocycles. The monoisotopic (exact) mass is 391 g/mol. The molecule has 87 valence electrons. The van der Waals surface area contributed by atoms with Crippen LogP contribution in [-0.4, -0.2) is 0 Å². The Morgan fingerprint density at radius 1 is 1.12 bits per heavy atom. The van der Waals surface area contributed by atoms with Crippen molar-refractivity contribution in [3.8, 4) is 0 Å². The SMILES string of the molecule is C=C(C)C(=C)C.CC1=Cc2ccccc2[CH]1[Hf]. The van der Waals surface area contributed by atoms with E-state index < -0.39 is 0 Å². The Balaban J connectivity index is 0.000000209. The summed E-state index contributed by atoms with van der Waals surface area (Å²) in [7, 11) is 0. The second-order valence-electron chi connectivity index (χ2n) is 4.51. The van der Waals surface area contributed by atoms with E-state index in [1.165, 1.54) is 41.1 Å². The van der Waals surface area contributed by atoms with Crippen LogP contribution in [0, 0.1) is 0 Å². The van der Waals surface area contributed by atoms with E-state index >= 15 is 0 Å². The van der Waals surface area contributed by atoms with Crippen molar-refractivity contribution in [1.82, 2.24) is 0 Å². The average Bonchev–Trinajstić information content (AvgIpc) is 2.56. The van der Waals surface area contributed by atoms with Gasteiger partial charge in [-0.05, 0) is 13.8 Å². The molecule has 0 spiro atoms. The molecular weight excluding hydrogens is 371 g/mol. The van der Waals surface area contributed by atoms with Crippen LogP contribution in [0.15, 0.2) is 54.1 Å². The van der Waals surface area contributed by atoms with Crippen molar-refractivity contribution in [3.05, 3.63) is 65.3 Å². The van der Waals surface area contributed by atoms with Crippen LogP contribution in [0.4, 0.5) is 0 Å². The van der Waals surface area contributed by atoms with Crippen molar-refractivity contribution in [2.24, 2.45) is 0 Å². The Morgan fingerprint density at radius 3 is 2.12 bits per heavy atom. The van der Waals surface area contributed by atoms with E-state index in [-0.39, 0.29) is 0 Å². The Hall–Kier alpha value is -0.690. The van der Waals surface area contributed by atoms with Crippen LogP contribution < -0.4 is 0 Å². The van der Waals surface area contributed by atoms with Gasteiger partial charge in [0.25, 0.3) is 0 Å². The number of hydrogen-bond acceptors (Lipinski definition) is 0. The van der Waals surface area contributed by atoms with Gasteiger partial charge in [-0.3, -0.25) is 0 Å². The van der Waals surface area contributed by atoms with Gasteiger partial charge < -0.3 is 0 Å². The average molecular weight is 390 g/mol. The quantitative estimate of drug-likeness (QED) is 0.476. The first kappa shape index (κ1) is 14.4. The van der Waals surface area contributed by atoms with E-state index in [0.717, 1.165) is 14.8 Å². The van der Waals surface area contributed by atoms with Gasteiger partial charge in [0.1, 0.15) is 0 Å². The summed E-state index contributed by atoms with van der Waals surface area (Å²) in [5.41, 5.74) is 6.64. The molecule has 1 heteroatoms. The predicted octanol–water partition coefficient (Wildman–Crippen LogP) is 4.83. The fourth-order valence-corrected chi connectivity index (χ4v) is 2.72. The molecule has 0 nitrogen and oxygen atoms in total. The third-order valence-electron chi connectivity index (χ3n) is 2.87. The molecule has 0 saturated heterocycles. The maximum atomic E-state index is 3.66. The number of allylic oxidation sites excluding steroid dienone is 3. The van der Waals surface area contributed by atoms with Crippen LogP contribution in [0.25, 0.3) is 6.08 Å². The first-order valence-electron chi connectivity index (χ1n) is 5.73. The summed E-state index contributed by atoms with van der Waals surface area (Å²) >= 11 is 1.24. The van der Waals surface area contributed by atoms with E-state index in [2.05, 4.69) is 50.4 Å². The molecule has 1 aliphatic rings. The molecular formula is C16H19Hf. The first-order chi connectivity index (χ1) is 7.93. The van der Waals surface area contributed by atoms with Gasteiger partial charge in [-0.1, -0.05) is 24.3 Å². The summed E-state index contributed by atoms with van der Waals surface area (Å²) in [6, 6.07) is 8.70. The molecule has 0 aliphatic heterocycles. The fraction of sp³-hybridized carbons (Fsp3) is 0.250. The predicted molar refractivity (Wildman–Crippen MR) is 72.5 cm³/mol. The molecule has 0 aromatic heterocycles. The number of fused-ring (bicyclic) bond motifs is 1. The third-order valence-corrected chi connectivity index (χ3v) is 5.63. The fourth-order valence-electron chi connectivity index (χ4n) is 1.48. The minimum atomic E-state index is 0.770. The molecule has 0 fully saturated rings. The van der Waals surface area contributed by atoms with Crippen LogP contribution in [0.3, 0.4) is 0 Å². The summed E-state index contributed by atoms with van der Waals surface area (Å²) < 4.78 is 0.770. The standard InChI is InChI=1S/C10H9.C6H10.Hf/c1-8-6-9-4-2-3-5-10(9)7-8;1-5(2)6(3)4;/h2-7H,1H3;1,3H2,2,4H3;. The van der Waals surface area contributed by atoms with Gasteiger partial charge in [-0.25, -0.2) is 0 Å². The van der Waals surface area contributed by atoms with Gasteiger partial charge in [0.15, 0.2) is 0 Å². The van der Waals surface area contributed by atoms with Gasteiger partial charge in [0.05, 0.1) is 0 Å². The first-order valence-corrected chi connectivity index (χ1v) is 7.80. The van der Waals surface area contributed by atoms with E-state index in [0.29, 0.717) is 0 Å². The van der Waals surface area contributed by atoms with Crippen LogP contribution in [-0.2, 0) is 24.4 Å². The van der Waals surface area contributed by atoms with Crippen molar-refractivity contribution in [3.63, 3.8) is 0 Å². The maximum absolute atomic E-state index is 3.66. The van der Waals surface area contributed by atoms with Gasteiger partial charge in [-0.2, -0.15) is 0 Å².